The molecule has 3 aromatic heterocycles. The maximum absolute atomic E-state index is 4.35. The van der Waals surface area contributed by atoms with Crippen molar-refractivity contribution in [2.24, 2.45) is 4.99 Å². The van der Waals surface area contributed by atoms with Crippen LogP contribution < -0.4 is 10.6 Å². The van der Waals surface area contributed by atoms with Crippen LogP contribution in [0.1, 0.15) is 22.2 Å². The summed E-state index contributed by atoms with van der Waals surface area (Å²) >= 11 is 1.85. The van der Waals surface area contributed by atoms with Crippen molar-refractivity contribution >= 4 is 17.3 Å². The van der Waals surface area contributed by atoms with Crippen LogP contribution in [0.15, 0.2) is 53.9 Å². The molecular formula is C19H24N6S. The number of aliphatic imine (C=N–C) groups is 1. The fourth-order valence-corrected chi connectivity index (χ4v) is 3.68. The van der Waals surface area contributed by atoms with Crippen molar-refractivity contribution in [2.45, 2.75) is 32.9 Å². The van der Waals surface area contributed by atoms with Crippen LogP contribution in [-0.4, -0.2) is 33.8 Å². The van der Waals surface area contributed by atoms with Crippen LogP contribution in [0.25, 0.3) is 5.82 Å². The first-order chi connectivity index (χ1) is 12.6. The monoisotopic (exact) mass is 368 g/mol. The van der Waals surface area contributed by atoms with Gasteiger partial charge in [0, 0.05) is 54.4 Å². The standard InChI is InChI=1S/C19H24N6S/c1-14(11-17-6-5-15(2)26-17)24-19(20-3)22-13-16-7-9-21-18(12-16)25-10-4-8-23-25/h4-10,12,14H,11,13H2,1-3H3,(H2,20,22,24). The summed E-state index contributed by atoms with van der Waals surface area (Å²) in [6.07, 6.45) is 6.41. The second-order valence-corrected chi connectivity index (χ2v) is 7.53. The van der Waals surface area contributed by atoms with Crippen molar-refractivity contribution in [3.8, 4) is 5.82 Å². The highest BCUT2D eigenvalue weighted by Crippen LogP contribution is 2.16. The number of aryl methyl sites for hydroxylation is 1. The predicted octanol–water partition coefficient (Wildman–Crippen LogP) is 2.93. The van der Waals surface area contributed by atoms with E-state index < -0.39 is 0 Å². The predicted molar refractivity (Wildman–Crippen MR) is 107 cm³/mol. The smallest absolute Gasteiger partial charge is 0.191 e. The van der Waals surface area contributed by atoms with Gasteiger partial charge in [0.05, 0.1) is 0 Å². The molecule has 7 heteroatoms. The Morgan fingerprint density at radius 3 is 2.88 bits per heavy atom. The number of aromatic nitrogens is 3. The molecule has 2 N–H and O–H groups in total. The highest BCUT2D eigenvalue weighted by Gasteiger charge is 2.08. The van der Waals surface area contributed by atoms with E-state index in [1.165, 1.54) is 9.75 Å². The summed E-state index contributed by atoms with van der Waals surface area (Å²) in [5.74, 6) is 1.60. The lowest BCUT2D eigenvalue weighted by atomic mass is 10.2. The number of hydrogen-bond acceptors (Lipinski definition) is 4. The van der Waals surface area contributed by atoms with Crippen LogP contribution in [0.2, 0.25) is 0 Å². The van der Waals surface area contributed by atoms with E-state index in [2.05, 4.69) is 51.7 Å². The minimum Gasteiger partial charge on any atom is -0.354 e. The number of nitrogens with zero attached hydrogens (tertiary/aromatic N) is 4. The second-order valence-electron chi connectivity index (χ2n) is 6.16. The SMILES string of the molecule is CN=C(NCc1ccnc(-n2cccn2)c1)NC(C)Cc1ccc(C)s1. The molecule has 0 radical (unpaired) electrons. The van der Waals surface area contributed by atoms with Crippen molar-refractivity contribution in [3.05, 3.63) is 64.2 Å². The Morgan fingerprint density at radius 2 is 2.19 bits per heavy atom. The average Bonchev–Trinajstić information content (AvgIpc) is 3.31. The summed E-state index contributed by atoms with van der Waals surface area (Å²) in [4.78, 5) is 11.4. The maximum Gasteiger partial charge on any atom is 0.191 e. The van der Waals surface area contributed by atoms with Gasteiger partial charge in [-0.1, -0.05) is 0 Å². The Labute approximate surface area is 158 Å². The Bertz CT molecular complexity index is 853. The van der Waals surface area contributed by atoms with Crippen LogP contribution in [0.3, 0.4) is 0 Å². The molecule has 0 aliphatic heterocycles. The highest BCUT2D eigenvalue weighted by molar-refractivity contribution is 7.11. The van der Waals surface area contributed by atoms with E-state index in [9.17, 15) is 0 Å². The summed E-state index contributed by atoms with van der Waals surface area (Å²) in [5, 5.41) is 11.0. The lowest BCUT2D eigenvalue weighted by molar-refractivity contribution is 0.644. The summed E-state index contributed by atoms with van der Waals surface area (Å²) in [6, 6.07) is 10.6. The van der Waals surface area contributed by atoms with E-state index in [1.54, 1.807) is 24.1 Å². The van der Waals surface area contributed by atoms with Crippen LogP contribution in [-0.2, 0) is 13.0 Å². The first-order valence-corrected chi connectivity index (χ1v) is 9.43. The van der Waals surface area contributed by atoms with Gasteiger partial charge in [0.25, 0.3) is 0 Å². The number of hydrogen-bond donors (Lipinski definition) is 2. The van der Waals surface area contributed by atoms with Crippen molar-refractivity contribution in [1.82, 2.24) is 25.4 Å². The van der Waals surface area contributed by atoms with Gasteiger partial charge in [-0.25, -0.2) is 9.67 Å². The molecule has 3 aromatic rings. The van der Waals surface area contributed by atoms with Gasteiger partial charge in [0.2, 0.25) is 0 Å². The molecule has 26 heavy (non-hydrogen) atoms. The highest BCUT2D eigenvalue weighted by atomic mass is 32.1. The first-order valence-electron chi connectivity index (χ1n) is 8.61. The lowest BCUT2D eigenvalue weighted by Crippen LogP contribution is -2.42. The number of nitrogens with one attached hydrogen (secondary N) is 2. The summed E-state index contributed by atoms with van der Waals surface area (Å²) in [6.45, 7) is 4.98. The fraction of sp³-hybridized carbons (Fsp3) is 0.316. The van der Waals surface area contributed by atoms with Gasteiger partial charge in [-0.05, 0) is 49.7 Å². The van der Waals surface area contributed by atoms with Crippen molar-refractivity contribution in [2.75, 3.05) is 7.05 Å². The van der Waals surface area contributed by atoms with E-state index in [1.807, 2.05) is 35.7 Å². The molecule has 0 amide bonds. The molecule has 0 aromatic carbocycles. The van der Waals surface area contributed by atoms with E-state index in [4.69, 9.17) is 0 Å². The summed E-state index contributed by atoms with van der Waals surface area (Å²) < 4.78 is 1.75. The second kappa shape index (κ2) is 8.62. The molecule has 0 saturated carbocycles. The third-order valence-electron chi connectivity index (χ3n) is 3.92. The van der Waals surface area contributed by atoms with Gasteiger partial charge >= 0.3 is 0 Å². The molecule has 3 heterocycles. The van der Waals surface area contributed by atoms with E-state index in [0.717, 1.165) is 23.8 Å². The van der Waals surface area contributed by atoms with Gasteiger partial charge in [-0.3, -0.25) is 4.99 Å². The zero-order chi connectivity index (χ0) is 18.4. The molecule has 136 valence electrons. The molecule has 0 bridgehead atoms. The van der Waals surface area contributed by atoms with Crippen LogP contribution >= 0.6 is 11.3 Å². The molecule has 0 saturated heterocycles. The van der Waals surface area contributed by atoms with Gasteiger partial charge in [-0.15, -0.1) is 11.3 Å². The Hall–Kier alpha value is -2.67. The third kappa shape index (κ3) is 4.92. The quantitative estimate of drug-likeness (QED) is 0.519. The molecule has 6 nitrogen and oxygen atoms in total. The zero-order valence-electron chi connectivity index (χ0n) is 15.3. The molecule has 0 fully saturated rings. The molecule has 3 rings (SSSR count). The topological polar surface area (TPSA) is 67.1 Å². The summed E-state index contributed by atoms with van der Waals surface area (Å²) in [7, 11) is 1.79. The average molecular weight is 369 g/mol. The van der Waals surface area contributed by atoms with Crippen LogP contribution in [0.4, 0.5) is 0 Å². The molecule has 0 aliphatic rings. The van der Waals surface area contributed by atoms with Gasteiger partial charge in [-0.2, -0.15) is 5.10 Å². The van der Waals surface area contributed by atoms with Crippen molar-refractivity contribution < 1.29 is 0 Å². The third-order valence-corrected chi connectivity index (χ3v) is 4.94. The zero-order valence-corrected chi connectivity index (χ0v) is 16.1. The van der Waals surface area contributed by atoms with E-state index in [-0.39, 0.29) is 0 Å². The minimum atomic E-state index is 0.302. The lowest BCUT2D eigenvalue weighted by Gasteiger charge is -2.17. The minimum absolute atomic E-state index is 0.302. The van der Waals surface area contributed by atoms with Crippen LogP contribution in [0, 0.1) is 6.92 Å². The van der Waals surface area contributed by atoms with E-state index >= 15 is 0 Å². The molecule has 1 atom stereocenters. The normalized spacial score (nSPS) is 12.8. The van der Waals surface area contributed by atoms with Crippen LogP contribution in [0.5, 0.6) is 0 Å². The number of guanidine groups is 1. The number of rotatable bonds is 6. The Morgan fingerprint density at radius 1 is 1.31 bits per heavy atom. The van der Waals surface area contributed by atoms with Gasteiger partial charge in [0.15, 0.2) is 11.8 Å². The number of pyridine rings is 1. The summed E-state index contributed by atoms with van der Waals surface area (Å²) in [5.41, 5.74) is 1.12. The maximum atomic E-state index is 4.35. The van der Waals surface area contributed by atoms with Gasteiger partial charge in [0.1, 0.15) is 0 Å². The first kappa shape index (κ1) is 18.1. The van der Waals surface area contributed by atoms with Crippen molar-refractivity contribution in [3.63, 3.8) is 0 Å². The Balaban J connectivity index is 1.55. The number of thiophene rings is 1. The molecule has 0 spiro atoms. The Kier molecular flexibility index (Phi) is 6.01. The van der Waals surface area contributed by atoms with E-state index in [0.29, 0.717) is 12.6 Å². The molecule has 1 unspecified atom stereocenters. The molecule has 0 aliphatic carbocycles. The largest absolute Gasteiger partial charge is 0.354 e. The fourth-order valence-electron chi connectivity index (χ4n) is 2.66. The van der Waals surface area contributed by atoms with Crippen molar-refractivity contribution in [1.29, 1.82) is 0 Å². The molecular weight excluding hydrogens is 344 g/mol. The van der Waals surface area contributed by atoms with Gasteiger partial charge < -0.3 is 10.6 Å².